The van der Waals surface area contributed by atoms with Crippen LogP contribution in [0.25, 0.3) is 0 Å². The summed E-state index contributed by atoms with van der Waals surface area (Å²) in [6, 6.07) is 0.276. The molecular weight excluding hydrogens is 491 g/mol. The molecule has 1 amide bonds. The van der Waals surface area contributed by atoms with Gasteiger partial charge in [0.15, 0.2) is 16.6 Å². The second kappa shape index (κ2) is 9.17. The highest BCUT2D eigenvalue weighted by Gasteiger charge is 2.66. The summed E-state index contributed by atoms with van der Waals surface area (Å²) in [6.07, 6.45) is 7.90. The average Bonchev–Trinajstić information content (AvgIpc) is 3.07. The largest absolute Gasteiger partial charge is 0.413 e. The van der Waals surface area contributed by atoms with Gasteiger partial charge in [0.2, 0.25) is 5.91 Å². The molecule has 6 heteroatoms. The zero-order valence-corrected chi connectivity index (χ0v) is 28.3. The monoisotopic (exact) mass is 549 g/mol. The minimum absolute atomic E-state index is 0.122. The van der Waals surface area contributed by atoms with Gasteiger partial charge in [-0.15, -0.1) is 0 Å². The molecule has 0 aromatic heterocycles. The molecule has 1 heterocycles. The summed E-state index contributed by atoms with van der Waals surface area (Å²) in [4.78, 5) is 13.6. The van der Waals surface area contributed by atoms with E-state index >= 15 is 0 Å². The maximum atomic E-state index is 13.6. The van der Waals surface area contributed by atoms with Crippen LogP contribution in [0.4, 0.5) is 0 Å². The molecule has 8 atom stereocenters. The smallest absolute Gasteiger partial charge is 0.214 e. The lowest BCUT2D eigenvalue weighted by molar-refractivity contribution is -0.167. The van der Waals surface area contributed by atoms with Crippen LogP contribution in [-0.2, 0) is 9.22 Å². The Labute approximate surface area is 230 Å². The van der Waals surface area contributed by atoms with Crippen LogP contribution in [0.15, 0.2) is 0 Å². The summed E-state index contributed by atoms with van der Waals surface area (Å²) in [7, 11) is -3.88. The fourth-order valence-corrected chi connectivity index (χ4v) is 13.0. The molecule has 4 aliphatic rings. The Morgan fingerprint density at radius 1 is 0.919 bits per heavy atom. The molecule has 37 heavy (non-hydrogen) atoms. The molecule has 4 nitrogen and oxygen atoms in total. The van der Waals surface area contributed by atoms with Crippen LogP contribution >= 0.6 is 0 Å². The number of amides is 1. The van der Waals surface area contributed by atoms with Crippen LogP contribution in [0, 0.1) is 34.5 Å². The van der Waals surface area contributed by atoms with Crippen molar-refractivity contribution in [3.05, 3.63) is 0 Å². The summed E-state index contributed by atoms with van der Waals surface area (Å²) in [5.41, 5.74) is 0.358. The van der Waals surface area contributed by atoms with Crippen LogP contribution < -0.4 is 0 Å². The van der Waals surface area contributed by atoms with E-state index in [0.717, 1.165) is 12.8 Å². The first-order valence-electron chi connectivity index (χ1n) is 15.3. The minimum atomic E-state index is -2.03. The van der Waals surface area contributed by atoms with Gasteiger partial charge in [-0.25, -0.2) is 0 Å². The van der Waals surface area contributed by atoms with Crippen molar-refractivity contribution in [3.8, 4) is 0 Å². The number of fused-ring (bicyclic) bond motifs is 5. The van der Waals surface area contributed by atoms with Crippen LogP contribution in [0.3, 0.4) is 0 Å². The van der Waals surface area contributed by atoms with Crippen molar-refractivity contribution in [2.45, 2.75) is 149 Å². The fourth-order valence-electron chi connectivity index (χ4n) is 8.94. The zero-order chi connectivity index (χ0) is 28.0. The molecule has 3 saturated carbocycles. The predicted octanol–water partition coefficient (Wildman–Crippen LogP) is 7.83. The molecule has 3 aliphatic carbocycles. The van der Waals surface area contributed by atoms with Crippen molar-refractivity contribution < 1.29 is 14.3 Å². The van der Waals surface area contributed by atoms with E-state index in [2.05, 4.69) is 86.1 Å². The van der Waals surface area contributed by atoms with Crippen LogP contribution in [0.2, 0.25) is 36.3 Å². The fraction of sp³-hybridized carbons (Fsp3) is 0.968. The highest BCUT2D eigenvalue weighted by Crippen LogP contribution is 2.67. The maximum Gasteiger partial charge on any atom is 0.214 e. The van der Waals surface area contributed by atoms with E-state index in [0.29, 0.717) is 36.2 Å². The first kappa shape index (κ1) is 29.8. The third-order valence-corrected chi connectivity index (χ3v) is 23.2. The lowest BCUT2D eigenvalue weighted by Crippen LogP contribution is -2.71. The minimum Gasteiger partial charge on any atom is -0.413 e. The average molecular weight is 550 g/mol. The van der Waals surface area contributed by atoms with Gasteiger partial charge in [0, 0.05) is 19.1 Å². The van der Waals surface area contributed by atoms with Crippen molar-refractivity contribution >= 4 is 22.5 Å². The lowest BCUT2D eigenvalue weighted by atomic mass is 9.45. The molecule has 0 aromatic rings. The molecule has 1 aliphatic heterocycles. The Hall–Kier alpha value is -0.176. The molecule has 1 saturated heterocycles. The van der Waals surface area contributed by atoms with Crippen molar-refractivity contribution in [1.29, 1.82) is 0 Å². The normalized spacial score (nSPS) is 41.3. The van der Waals surface area contributed by atoms with Crippen LogP contribution in [-0.4, -0.2) is 50.9 Å². The van der Waals surface area contributed by atoms with Crippen molar-refractivity contribution in [1.82, 2.24) is 4.57 Å². The Morgan fingerprint density at radius 3 is 2.05 bits per heavy atom. The van der Waals surface area contributed by atoms with Gasteiger partial charge in [-0.1, -0.05) is 68.5 Å². The maximum absolute atomic E-state index is 13.6. The summed E-state index contributed by atoms with van der Waals surface area (Å²) in [6.45, 7) is 29.0. The quantitative estimate of drug-likeness (QED) is 0.363. The number of carbonyl (C=O) groups excluding carboxylic acids is 1. The van der Waals surface area contributed by atoms with Gasteiger partial charge in [-0.2, -0.15) is 0 Å². The van der Waals surface area contributed by atoms with Gasteiger partial charge >= 0.3 is 0 Å². The van der Waals surface area contributed by atoms with E-state index in [9.17, 15) is 9.90 Å². The van der Waals surface area contributed by atoms with Crippen molar-refractivity contribution in [2.24, 2.45) is 34.5 Å². The summed E-state index contributed by atoms with van der Waals surface area (Å²) < 4.78 is 9.60. The molecule has 0 unspecified atom stereocenters. The van der Waals surface area contributed by atoms with Gasteiger partial charge in [0.1, 0.15) is 0 Å². The van der Waals surface area contributed by atoms with E-state index < -0.39 is 16.6 Å². The number of aliphatic hydroxyl groups excluding tert-OH is 1. The van der Waals surface area contributed by atoms with Gasteiger partial charge in [-0.05, 0) is 96.2 Å². The second-order valence-electron chi connectivity index (χ2n) is 17.1. The predicted molar refractivity (Wildman–Crippen MR) is 159 cm³/mol. The molecule has 4 rings (SSSR count). The number of hydrogen-bond acceptors (Lipinski definition) is 3. The Morgan fingerprint density at radius 2 is 1.51 bits per heavy atom. The lowest BCUT2D eigenvalue weighted by Gasteiger charge is -2.66. The van der Waals surface area contributed by atoms with E-state index in [-0.39, 0.29) is 39.5 Å². The van der Waals surface area contributed by atoms with Crippen LogP contribution in [0.5, 0.6) is 0 Å². The summed E-state index contributed by atoms with van der Waals surface area (Å²) in [5, 5.41) is 11.2. The molecule has 0 bridgehead atoms. The third-order valence-electron chi connectivity index (χ3n) is 13.3. The number of carbonyl (C=O) groups is 1. The highest BCUT2D eigenvalue weighted by atomic mass is 28.4. The van der Waals surface area contributed by atoms with Gasteiger partial charge in [0.05, 0.1) is 6.10 Å². The molecule has 0 radical (unpaired) electrons. The van der Waals surface area contributed by atoms with Crippen molar-refractivity contribution in [2.75, 3.05) is 6.61 Å². The highest BCUT2D eigenvalue weighted by molar-refractivity contribution is 6.79. The first-order valence-corrected chi connectivity index (χ1v) is 21.2. The van der Waals surface area contributed by atoms with E-state index in [1.54, 1.807) is 0 Å². The molecule has 4 fully saturated rings. The molecule has 0 spiro atoms. The number of nitrogens with zero attached hydrogens (tertiary/aromatic N) is 1. The van der Waals surface area contributed by atoms with E-state index in [1.807, 2.05) is 0 Å². The molecule has 0 aromatic carbocycles. The Balaban J connectivity index is 1.68. The second-order valence-corrected chi connectivity index (χ2v) is 26.9. The number of aliphatic hydroxyl groups is 1. The number of rotatable bonds is 4. The van der Waals surface area contributed by atoms with Gasteiger partial charge in [-0.3, -0.25) is 4.79 Å². The number of hydrogen-bond donors (Lipinski definition) is 1. The standard InChI is InChI=1S/C31H59NO3Si2/c1-28(2,3)36(9,10)32-24-19-21(20-33)27-22-13-14-25(35-37(11,12)29(4,5)6)31(22,8)17-15-23(27)30(24,7)18-16-26(32)34/h21-25,27,33H,13-20H2,1-12H3/t21-,22+,23+,24-,25+,27+,30-,31+/m1/s1. The SMILES string of the molecule is CC(C)(C)[Si](C)(C)O[C@H]1CC[C@H]2[C@@H]3[C@@H](CO)C[C@H]4N([Si](C)(C)C(C)(C)C)C(=O)CC[C@]4(C)[C@H]3CC[C@]12C. The van der Waals surface area contributed by atoms with E-state index in [4.69, 9.17) is 4.43 Å². The first-order chi connectivity index (χ1) is 16.7. The third kappa shape index (κ3) is 4.46. The topological polar surface area (TPSA) is 49.8 Å². The van der Waals surface area contributed by atoms with E-state index in [1.165, 1.54) is 25.7 Å². The molecule has 214 valence electrons. The van der Waals surface area contributed by atoms with Crippen LogP contribution in [0.1, 0.15) is 100 Å². The molecular formula is C31H59NO3Si2. The molecule has 1 N–H and O–H groups in total. The zero-order valence-electron chi connectivity index (χ0n) is 26.3. The Kier molecular flexibility index (Phi) is 7.39. The summed E-state index contributed by atoms with van der Waals surface area (Å²) in [5.74, 6) is 2.43. The van der Waals surface area contributed by atoms with Gasteiger partial charge < -0.3 is 14.1 Å². The Bertz CT molecular complexity index is 890. The number of piperidine rings is 1. The van der Waals surface area contributed by atoms with Crippen molar-refractivity contribution in [3.63, 3.8) is 0 Å². The summed E-state index contributed by atoms with van der Waals surface area (Å²) >= 11 is 0. The van der Waals surface area contributed by atoms with Gasteiger partial charge in [0.25, 0.3) is 0 Å².